The lowest BCUT2D eigenvalue weighted by Gasteiger charge is -2.27. The van der Waals surface area contributed by atoms with Gasteiger partial charge in [-0.3, -0.25) is 0 Å². The Kier molecular flexibility index (Phi) is 3.60. The number of aromatic nitrogens is 2. The molecule has 0 fully saturated rings. The average molecular weight is 297 g/mol. The maximum absolute atomic E-state index is 11.1. The van der Waals surface area contributed by atoms with Crippen molar-refractivity contribution < 1.29 is 14.4 Å². The van der Waals surface area contributed by atoms with Gasteiger partial charge in [0, 0.05) is 18.0 Å². The Labute approximate surface area is 128 Å². The maximum atomic E-state index is 11.1. The van der Waals surface area contributed by atoms with Crippen molar-refractivity contribution in [2.45, 2.75) is 13.0 Å². The maximum Gasteiger partial charge on any atom is 0.335 e. The van der Waals surface area contributed by atoms with E-state index in [4.69, 9.17) is 5.11 Å². The summed E-state index contributed by atoms with van der Waals surface area (Å²) in [6.45, 7) is 0.650. The van der Waals surface area contributed by atoms with E-state index < -0.39 is 5.97 Å². The van der Waals surface area contributed by atoms with Crippen molar-refractivity contribution in [1.82, 2.24) is 9.97 Å². The van der Waals surface area contributed by atoms with Gasteiger partial charge in [-0.2, -0.15) is 0 Å². The largest absolute Gasteiger partial charge is 0.478 e. The van der Waals surface area contributed by atoms with Crippen LogP contribution in [0.4, 0.5) is 0 Å². The molecule has 2 heterocycles. The molecular weight excluding hydrogens is 280 g/mol. The highest BCUT2D eigenvalue weighted by Gasteiger charge is 2.31. The lowest BCUT2D eigenvalue weighted by molar-refractivity contribution is -0.779. The number of amidine groups is 1. The first-order valence-electron chi connectivity index (χ1n) is 6.97. The summed E-state index contributed by atoms with van der Waals surface area (Å²) in [5.41, 5.74) is 1.26. The smallest absolute Gasteiger partial charge is 0.335 e. The van der Waals surface area contributed by atoms with Gasteiger partial charge in [0.1, 0.15) is 25.0 Å². The topological polar surface area (TPSA) is 78.3 Å². The molecule has 2 aromatic rings. The van der Waals surface area contributed by atoms with Gasteiger partial charge in [-0.1, -0.05) is 12.1 Å². The summed E-state index contributed by atoms with van der Waals surface area (Å²) in [6.07, 6.45) is 7.94. The molecule has 3 rings (SSSR count). The number of quaternary nitrogens is 1. The molecule has 0 spiro atoms. The summed E-state index contributed by atoms with van der Waals surface area (Å²) >= 11 is 0. The summed E-state index contributed by atoms with van der Waals surface area (Å²) in [5, 5.41) is 9.10. The summed E-state index contributed by atoms with van der Waals surface area (Å²) in [5.74, 6) is 0.924. The first kappa shape index (κ1) is 14.2. The molecule has 1 aromatic heterocycles. The zero-order chi connectivity index (χ0) is 15.6. The van der Waals surface area contributed by atoms with Crippen LogP contribution in [-0.2, 0) is 13.0 Å². The van der Waals surface area contributed by atoms with Crippen LogP contribution in [0.5, 0.6) is 0 Å². The number of likely N-dealkylation sites (N-methyl/N-ethyl adjacent to an activating group) is 1. The SMILES string of the molecule is C[N+]1(Cc2cccc(C(=O)O)c2)C=CN=C1Cc1ncc[nH]1. The second kappa shape index (κ2) is 5.57. The van der Waals surface area contributed by atoms with Crippen LogP contribution in [0.15, 0.2) is 54.1 Å². The lowest BCUT2D eigenvalue weighted by atomic mass is 10.1. The molecule has 1 atom stereocenters. The Morgan fingerprint density at radius 1 is 1.41 bits per heavy atom. The van der Waals surface area contributed by atoms with E-state index in [1.807, 2.05) is 12.3 Å². The third-order valence-corrected chi connectivity index (χ3v) is 3.77. The lowest BCUT2D eigenvalue weighted by Crippen LogP contribution is -2.42. The minimum atomic E-state index is -0.911. The highest BCUT2D eigenvalue weighted by molar-refractivity contribution is 5.87. The molecule has 0 radical (unpaired) electrons. The Hall–Kier alpha value is -2.73. The number of hydrogen-bond acceptors (Lipinski definition) is 3. The van der Waals surface area contributed by atoms with E-state index in [-0.39, 0.29) is 0 Å². The van der Waals surface area contributed by atoms with Crippen molar-refractivity contribution in [3.8, 4) is 0 Å². The van der Waals surface area contributed by atoms with E-state index in [0.717, 1.165) is 17.2 Å². The summed E-state index contributed by atoms with van der Waals surface area (Å²) in [7, 11) is 2.05. The van der Waals surface area contributed by atoms with Gasteiger partial charge < -0.3 is 10.1 Å². The number of nitrogens with zero attached hydrogens (tertiary/aromatic N) is 3. The van der Waals surface area contributed by atoms with Gasteiger partial charge in [-0.25, -0.2) is 19.3 Å². The fraction of sp³-hybridized carbons (Fsp3) is 0.188. The number of rotatable bonds is 5. The van der Waals surface area contributed by atoms with E-state index in [2.05, 4.69) is 22.0 Å². The molecule has 1 unspecified atom stereocenters. The number of nitrogens with one attached hydrogen (secondary N) is 1. The monoisotopic (exact) mass is 297 g/mol. The number of carbonyl (C=O) groups is 1. The number of carboxylic acid groups (broad SMARTS) is 1. The quantitative estimate of drug-likeness (QED) is 0.830. The summed E-state index contributed by atoms with van der Waals surface area (Å²) in [4.78, 5) is 22.9. The normalized spacial score (nSPS) is 20.1. The number of H-pyrrole nitrogens is 1. The number of imidazole rings is 1. The molecule has 0 saturated carbocycles. The van der Waals surface area contributed by atoms with Gasteiger partial charge in [0.2, 0.25) is 5.84 Å². The molecule has 1 aliphatic rings. The third-order valence-electron chi connectivity index (χ3n) is 3.77. The van der Waals surface area contributed by atoms with E-state index in [9.17, 15) is 4.79 Å². The van der Waals surface area contributed by atoms with Crippen molar-refractivity contribution in [3.05, 3.63) is 66.0 Å². The number of hydrogen-bond donors (Lipinski definition) is 2. The van der Waals surface area contributed by atoms with Crippen molar-refractivity contribution in [2.75, 3.05) is 7.05 Å². The molecule has 1 aliphatic heterocycles. The Balaban J connectivity index is 1.81. The van der Waals surface area contributed by atoms with Crippen LogP contribution >= 0.6 is 0 Å². The van der Waals surface area contributed by atoms with E-state index in [0.29, 0.717) is 23.0 Å². The highest BCUT2D eigenvalue weighted by atomic mass is 16.4. The standard InChI is InChI=1S/C16H16N4O2/c1-20(11-12-3-2-4-13(9-12)16(21)22)8-7-19-15(20)10-14-17-5-6-18-14/h2-9H,10-11H2,1H3,(H-,17,18,21,22)/p+1. The van der Waals surface area contributed by atoms with Gasteiger partial charge in [0.05, 0.1) is 18.8 Å². The molecule has 2 N–H and O–H groups in total. The molecule has 0 saturated heterocycles. The molecule has 0 aliphatic carbocycles. The predicted molar refractivity (Wildman–Crippen MR) is 82.2 cm³/mol. The molecule has 6 heteroatoms. The summed E-state index contributed by atoms with van der Waals surface area (Å²) < 4.78 is 0.518. The summed E-state index contributed by atoms with van der Waals surface area (Å²) in [6, 6.07) is 7.02. The van der Waals surface area contributed by atoms with Gasteiger partial charge >= 0.3 is 5.97 Å². The Bertz CT molecular complexity index is 749. The van der Waals surface area contributed by atoms with Gasteiger partial charge in [0.15, 0.2) is 0 Å². The van der Waals surface area contributed by atoms with Gasteiger partial charge in [-0.15, -0.1) is 0 Å². The van der Waals surface area contributed by atoms with Crippen molar-refractivity contribution in [2.24, 2.45) is 4.99 Å². The number of aromatic amines is 1. The predicted octanol–water partition coefficient (Wildman–Crippen LogP) is 2.18. The fourth-order valence-electron chi connectivity index (χ4n) is 2.58. The molecule has 1 aromatic carbocycles. The molecule has 0 bridgehead atoms. The van der Waals surface area contributed by atoms with Crippen LogP contribution in [0.1, 0.15) is 21.7 Å². The van der Waals surface area contributed by atoms with Crippen molar-refractivity contribution >= 4 is 11.8 Å². The molecular formula is C16H17N4O2+. The highest BCUT2D eigenvalue weighted by Crippen LogP contribution is 2.21. The molecule has 0 amide bonds. The zero-order valence-corrected chi connectivity index (χ0v) is 12.2. The second-order valence-electron chi connectivity index (χ2n) is 5.49. The van der Waals surface area contributed by atoms with Crippen LogP contribution < -0.4 is 0 Å². The van der Waals surface area contributed by atoms with Gasteiger partial charge in [-0.05, 0) is 12.1 Å². The Morgan fingerprint density at radius 2 is 2.27 bits per heavy atom. The van der Waals surface area contributed by atoms with Crippen LogP contribution in [0, 0.1) is 0 Å². The number of carboxylic acids is 1. The zero-order valence-electron chi connectivity index (χ0n) is 12.2. The molecule has 112 valence electrons. The van der Waals surface area contributed by atoms with Crippen LogP contribution in [-0.4, -0.2) is 38.4 Å². The van der Waals surface area contributed by atoms with Crippen molar-refractivity contribution in [1.29, 1.82) is 0 Å². The average Bonchev–Trinajstić information content (AvgIpc) is 3.11. The van der Waals surface area contributed by atoms with Gasteiger partial charge in [0.25, 0.3) is 0 Å². The van der Waals surface area contributed by atoms with E-state index >= 15 is 0 Å². The first-order valence-corrected chi connectivity index (χ1v) is 6.97. The number of benzene rings is 1. The second-order valence-corrected chi connectivity index (χ2v) is 5.49. The van der Waals surface area contributed by atoms with E-state index in [1.165, 1.54) is 0 Å². The number of aliphatic imine (C=N–C) groups is 1. The Morgan fingerprint density at radius 3 is 3.00 bits per heavy atom. The minimum Gasteiger partial charge on any atom is -0.478 e. The first-order chi connectivity index (χ1) is 10.6. The fourth-order valence-corrected chi connectivity index (χ4v) is 2.58. The molecule has 6 nitrogen and oxygen atoms in total. The number of aromatic carboxylic acids is 1. The van der Waals surface area contributed by atoms with E-state index in [1.54, 1.807) is 36.8 Å². The minimum absolute atomic E-state index is 0.303. The van der Waals surface area contributed by atoms with Crippen LogP contribution in [0.2, 0.25) is 0 Å². The third kappa shape index (κ3) is 2.82. The van der Waals surface area contributed by atoms with Crippen LogP contribution in [0.3, 0.4) is 0 Å². The van der Waals surface area contributed by atoms with Crippen LogP contribution in [0.25, 0.3) is 0 Å². The molecule has 22 heavy (non-hydrogen) atoms. The van der Waals surface area contributed by atoms with Crippen molar-refractivity contribution in [3.63, 3.8) is 0 Å².